The van der Waals surface area contributed by atoms with E-state index in [1.54, 1.807) is 0 Å². The summed E-state index contributed by atoms with van der Waals surface area (Å²) in [4.78, 5) is 11.1. The molecule has 1 atom stereocenters. The molecule has 0 rings (SSSR count). The van der Waals surface area contributed by atoms with E-state index in [4.69, 9.17) is 15.2 Å². The molecular weight excluding hydrogens is 182 g/mol. The van der Waals surface area contributed by atoms with Gasteiger partial charge in [0.25, 0.3) is 0 Å². The van der Waals surface area contributed by atoms with Crippen molar-refractivity contribution in [1.29, 1.82) is 0 Å². The topological polar surface area (TPSA) is 61.6 Å². The lowest BCUT2D eigenvalue weighted by molar-refractivity contribution is -0.146. The van der Waals surface area contributed by atoms with Gasteiger partial charge in [-0.1, -0.05) is 20.8 Å². The molecule has 0 aliphatic heterocycles. The summed E-state index contributed by atoms with van der Waals surface area (Å²) in [6.07, 6.45) is 0.603. The summed E-state index contributed by atoms with van der Waals surface area (Å²) in [6.45, 7) is 7.41. The van der Waals surface area contributed by atoms with E-state index in [-0.39, 0.29) is 5.97 Å². The highest BCUT2D eigenvalue weighted by atomic mass is 16.6. The summed E-state index contributed by atoms with van der Waals surface area (Å²) in [6, 6.07) is -0.500. The molecule has 0 amide bonds. The van der Waals surface area contributed by atoms with Crippen molar-refractivity contribution in [3.05, 3.63) is 0 Å². The second-order valence-electron chi connectivity index (χ2n) is 3.65. The van der Waals surface area contributed by atoms with E-state index in [1.165, 1.54) is 0 Å². The Hall–Kier alpha value is -0.610. The fourth-order valence-corrected chi connectivity index (χ4v) is 0.794. The fourth-order valence-electron chi connectivity index (χ4n) is 0.794. The van der Waals surface area contributed by atoms with Gasteiger partial charge < -0.3 is 15.2 Å². The molecule has 0 spiro atoms. The van der Waals surface area contributed by atoms with E-state index in [1.807, 2.05) is 6.92 Å². The van der Waals surface area contributed by atoms with Gasteiger partial charge in [-0.15, -0.1) is 0 Å². The third-order valence-corrected chi connectivity index (χ3v) is 1.67. The van der Waals surface area contributed by atoms with Gasteiger partial charge >= 0.3 is 5.97 Å². The van der Waals surface area contributed by atoms with Crippen LogP contribution < -0.4 is 5.73 Å². The molecule has 4 heteroatoms. The van der Waals surface area contributed by atoms with Crippen LogP contribution in [0.2, 0.25) is 0 Å². The molecule has 84 valence electrons. The number of ether oxygens (including phenoxy) is 2. The molecular formula is C10H21NO3. The van der Waals surface area contributed by atoms with Crippen molar-refractivity contribution in [2.45, 2.75) is 33.2 Å². The largest absolute Gasteiger partial charge is 0.462 e. The molecule has 0 aliphatic carbocycles. The van der Waals surface area contributed by atoms with Crippen LogP contribution in [0.4, 0.5) is 0 Å². The summed E-state index contributed by atoms with van der Waals surface area (Å²) >= 11 is 0. The maximum absolute atomic E-state index is 11.1. The van der Waals surface area contributed by atoms with Gasteiger partial charge in [-0.05, 0) is 12.3 Å². The molecule has 0 unspecified atom stereocenters. The zero-order valence-electron chi connectivity index (χ0n) is 9.29. The Labute approximate surface area is 85.8 Å². The van der Waals surface area contributed by atoms with Crippen LogP contribution in [0.1, 0.15) is 27.2 Å². The lowest BCUT2D eigenvalue weighted by Gasteiger charge is -2.10. The Bertz CT molecular complexity index is 159. The van der Waals surface area contributed by atoms with Crippen LogP contribution in [0.3, 0.4) is 0 Å². The Kier molecular flexibility index (Phi) is 7.42. The van der Waals surface area contributed by atoms with Gasteiger partial charge in [-0.25, -0.2) is 0 Å². The Morgan fingerprint density at radius 2 is 2.00 bits per heavy atom. The molecule has 2 N–H and O–H groups in total. The number of rotatable bonds is 7. The second kappa shape index (κ2) is 7.76. The van der Waals surface area contributed by atoms with Crippen LogP contribution in [0, 0.1) is 5.92 Å². The average Bonchev–Trinajstić information content (AvgIpc) is 2.15. The standard InChI is InChI=1S/C10H21NO3/c1-4-9(11)10(12)14-6-5-13-7-8(2)3/h8-9H,4-7,11H2,1-3H3/t9-/m1/s1. The molecule has 0 aromatic heterocycles. The first-order valence-electron chi connectivity index (χ1n) is 5.07. The molecule has 0 radical (unpaired) electrons. The first-order chi connectivity index (χ1) is 6.57. The van der Waals surface area contributed by atoms with Gasteiger partial charge in [0.15, 0.2) is 0 Å². The van der Waals surface area contributed by atoms with E-state index in [0.717, 1.165) is 0 Å². The van der Waals surface area contributed by atoms with Gasteiger partial charge in [0.2, 0.25) is 0 Å². The summed E-state index contributed by atoms with van der Waals surface area (Å²) in [7, 11) is 0. The summed E-state index contributed by atoms with van der Waals surface area (Å²) in [5, 5.41) is 0. The fraction of sp³-hybridized carbons (Fsp3) is 0.900. The third kappa shape index (κ3) is 6.86. The van der Waals surface area contributed by atoms with Crippen LogP contribution in [0.15, 0.2) is 0 Å². The van der Waals surface area contributed by atoms with E-state index >= 15 is 0 Å². The van der Waals surface area contributed by atoms with Crippen LogP contribution >= 0.6 is 0 Å². The number of hydrogen-bond donors (Lipinski definition) is 1. The van der Waals surface area contributed by atoms with E-state index < -0.39 is 6.04 Å². The Morgan fingerprint density at radius 1 is 1.36 bits per heavy atom. The third-order valence-electron chi connectivity index (χ3n) is 1.67. The lowest BCUT2D eigenvalue weighted by Crippen LogP contribution is -2.32. The smallest absolute Gasteiger partial charge is 0.322 e. The summed E-state index contributed by atoms with van der Waals surface area (Å²) in [5.41, 5.74) is 5.46. The quantitative estimate of drug-likeness (QED) is 0.494. The maximum Gasteiger partial charge on any atom is 0.322 e. The zero-order valence-corrected chi connectivity index (χ0v) is 9.29. The van der Waals surface area contributed by atoms with Gasteiger partial charge in [-0.2, -0.15) is 0 Å². The highest BCUT2D eigenvalue weighted by Gasteiger charge is 2.11. The number of nitrogens with two attached hydrogens (primary N) is 1. The molecule has 14 heavy (non-hydrogen) atoms. The minimum atomic E-state index is -0.500. The molecule has 0 aromatic carbocycles. The van der Waals surface area contributed by atoms with Crippen molar-refractivity contribution in [2.75, 3.05) is 19.8 Å². The predicted octanol–water partition coefficient (Wildman–Crippen LogP) is 0.939. The monoisotopic (exact) mass is 203 g/mol. The molecule has 0 aromatic rings. The first-order valence-corrected chi connectivity index (χ1v) is 5.07. The molecule has 0 saturated carbocycles. The number of hydrogen-bond acceptors (Lipinski definition) is 4. The van der Waals surface area contributed by atoms with Crippen molar-refractivity contribution in [2.24, 2.45) is 11.7 Å². The molecule has 4 nitrogen and oxygen atoms in total. The molecule has 0 fully saturated rings. The molecule has 0 heterocycles. The molecule has 0 saturated heterocycles. The van der Waals surface area contributed by atoms with Crippen molar-refractivity contribution < 1.29 is 14.3 Å². The number of carbonyl (C=O) groups excluding carboxylic acids is 1. The van der Waals surface area contributed by atoms with Crippen LogP contribution in [0.25, 0.3) is 0 Å². The van der Waals surface area contributed by atoms with Gasteiger partial charge in [0.1, 0.15) is 12.6 Å². The van der Waals surface area contributed by atoms with Crippen LogP contribution in [0.5, 0.6) is 0 Å². The minimum absolute atomic E-state index is 0.291. The van der Waals surface area contributed by atoms with Crippen molar-refractivity contribution in [1.82, 2.24) is 0 Å². The van der Waals surface area contributed by atoms with Gasteiger partial charge in [-0.3, -0.25) is 4.79 Å². The van der Waals surface area contributed by atoms with E-state index in [0.29, 0.717) is 32.2 Å². The number of esters is 1. The first kappa shape index (κ1) is 13.4. The maximum atomic E-state index is 11.1. The minimum Gasteiger partial charge on any atom is -0.462 e. The predicted molar refractivity (Wildman–Crippen MR) is 54.9 cm³/mol. The molecule has 0 bridgehead atoms. The summed E-state index contributed by atoms with van der Waals surface area (Å²) in [5.74, 6) is 0.157. The van der Waals surface area contributed by atoms with Gasteiger partial charge in [0, 0.05) is 6.61 Å². The lowest BCUT2D eigenvalue weighted by atomic mass is 10.2. The Morgan fingerprint density at radius 3 is 2.50 bits per heavy atom. The highest BCUT2D eigenvalue weighted by Crippen LogP contribution is 1.93. The van der Waals surface area contributed by atoms with Crippen molar-refractivity contribution >= 4 is 5.97 Å². The van der Waals surface area contributed by atoms with Crippen molar-refractivity contribution in [3.63, 3.8) is 0 Å². The molecule has 0 aliphatic rings. The van der Waals surface area contributed by atoms with Crippen LogP contribution in [-0.4, -0.2) is 31.8 Å². The van der Waals surface area contributed by atoms with Gasteiger partial charge in [0.05, 0.1) is 6.61 Å². The van der Waals surface area contributed by atoms with E-state index in [9.17, 15) is 4.79 Å². The van der Waals surface area contributed by atoms with Crippen molar-refractivity contribution in [3.8, 4) is 0 Å². The second-order valence-corrected chi connectivity index (χ2v) is 3.65. The van der Waals surface area contributed by atoms with E-state index in [2.05, 4.69) is 13.8 Å². The van der Waals surface area contributed by atoms with Crippen LogP contribution in [-0.2, 0) is 14.3 Å². The summed E-state index contributed by atoms with van der Waals surface area (Å²) < 4.78 is 10.1. The highest BCUT2D eigenvalue weighted by molar-refractivity contribution is 5.75. The SMILES string of the molecule is CC[C@@H](N)C(=O)OCCOCC(C)C. The zero-order chi connectivity index (χ0) is 11.0. The normalized spacial score (nSPS) is 12.9. The Balaban J connectivity index is 3.32. The average molecular weight is 203 g/mol. The number of carbonyl (C=O) groups is 1.